The molecule has 1 amide bonds. The van der Waals surface area contributed by atoms with Crippen LogP contribution in [0.15, 0.2) is 25.9 Å². The summed E-state index contributed by atoms with van der Waals surface area (Å²) in [7, 11) is 1.58. The second-order valence-electron chi connectivity index (χ2n) is 5.13. The van der Waals surface area contributed by atoms with Crippen LogP contribution in [0.25, 0.3) is 0 Å². The lowest BCUT2D eigenvalue weighted by atomic mass is 10.2. The van der Waals surface area contributed by atoms with Gasteiger partial charge in [0.05, 0.1) is 6.54 Å². The van der Waals surface area contributed by atoms with Gasteiger partial charge in [0, 0.05) is 25.1 Å². The summed E-state index contributed by atoms with van der Waals surface area (Å²) in [6.45, 7) is 5.67. The van der Waals surface area contributed by atoms with E-state index in [-0.39, 0.29) is 23.7 Å². The van der Waals surface area contributed by atoms with Gasteiger partial charge in [0.2, 0.25) is 5.89 Å². The van der Waals surface area contributed by atoms with Crippen LogP contribution in [0.2, 0.25) is 0 Å². The van der Waals surface area contributed by atoms with Gasteiger partial charge in [-0.15, -0.1) is 0 Å². The summed E-state index contributed by atoms with van der Waals surface area (Å²) in [6, 6.07) is 2.49. The average Bonchev–Trinajstić information content (AvgIpc) is 2.85. The van der Waals surface area contributed by atoms with Crippen LogP contribution >= 0.6 is 0 Å². The fourth-order valence-corrected chi connectivity index (χ4v) is 1.75. The third kappa shape index (κ3) is 3.56. The van der Waals surface area contributed by atoms with Gasteiger partial charge < -0.3 is 13.8 Å². The normalized spacial score (nSPS) is 10.9. The van der Waals surface area contributed by atoms with Crippen LogP contribution in [0.4, 0.5) is 0 Å². The number of nitrogens with zero attached hydrogens (tertiary/aromatic N) is 3. The lowest BCUT2D eigenvalue weighted by Crippen LogP contribution is -2.27. The van der Waals surface area contributed by atoms with E-state index >= 15 is 0 Å². The molecule has 0 atom stereocenters. The van der Waals surface area contributed by atoms with Crippen LogP contribution in [0.1, 0.15) is 47.8 Å². The first-order valence-electron chi connectivity index (χ1n) is 6.56. The summed E-state index contributed by atoms with van der Waals surface area (Å²) in [5.41, 5.74) is -0.267. The Bertz CT molecular complexity index is 702. The van der Waals surface area contributed by atoms with Gasteiger partial charge in [-0.3, -0.25) is 9.59 Å². The standard InChI is InChI=1S/C14H17N3O4/c1-8(2)13-15-12(16-21-13)7-17(4)14(19)11-6-10(18)5-9(3)20-11/h5-6,8H,7H2,1-4H3. The predicted molar refractivity (Wildman–Crippen MR) is 73.9 cm³/mol. The first kappa shape index (κ1) is 15.0. The van der Waals surface area contributed by atoms with E-state index in [1.165, 1.54) is 17.0 Å². The number of rotatable bonds is 4. The summed E-state index contributed by atoms with van der Waals surface area (Å²) in [5.74, 6) is 1.03. The minimum Gasteiger partial charge on any atom is -0.456 e. The molecule has 0 radical (unpaired) electrons. The van der Waals surface area contributed by atoms with Gasteiger partial charge in [0.1, 0.15) is 5.76 Å². The maximum absolute atomic E-state index is 12.2. The Morgan fingerprint density at radius 1 is 1.38 bits per heavy atom. The molecule has 0 fully saturated rings. The van der Waals surface area contributed by atoms with E-state index in [1.807, 2.05) is 13.8 Å². The monoisotopic (exact) mass is 291 g/mol. The zero-order valence-corrected chi connectivity index (χ0v) is 12.4. The molecule has 2 aromatic heterocycles. The van der Waals surface area contributed by atoms with Gasteiger partial charge in [0.15, 0.2) is 17.0 Å². The van der Waals surface area contributed by atoms with Crippen LogP contribution in [-0.2, 0) is 6.54 Å². The summed E-state index contributed by atoms with van der Waals surface area (Å²) in [6.07, 6.45) is 0. The highest BCUT2D eigenvalue weighted by atomic mass is 16.5. The largest absolute Gasteiger partial charge is 0.456 e. The Kier molecular flexibility index (Phi) is 4.21. The van der Waals surface area contributed by atoms with Crippen molar-refractivity contribution in [2.75, 3.05) is 7.05 Å². The highest BCUT2D eigenvalue weighted by molar-refractivity contribution is 5.91. The minimum absolute atomic E-state index is 0.00456. The van der Waals surface area contributed by atoms with E-state index in [0.29, 0.717) is 17.5 Å². The molecule has 2 heterocycles. The third-order valence-corrected chi connectivity index (χ3v) is 2.80. The Hall–Kier alpha value is -2.44. The van der Waals surface area contributed by atoms with Crippen LogP contribution in [0.3, 0.4) is 0 Å². The summed E-state index contributed by atoms with van der Waals surface area (Å²) < 4.78 is 10.3. The average molecular weight is 291 g/mol. The van der Waals surface area contributed by atoms with Crippen molar-refractivity contribution in [2.24, 2.45) is 0 Å². The van der Waals surface area contributed by atoms with Crippen molar-refractivity contribution in [1.82, 2.24) is 15.0 Å². The van der Waals surface area contributed by atoms with Crippen molar-refractivity contribution >= 4 is 5.91 Å². The van der Waals surface area contributed by atoms with E-state index in [4.69, 9.17) is 8.94 Å². The Morgan fingerprint density at radius 2 is 2.10 bits per heavy atom. The van der Waals surface area contributed by atoms with Crippen molar-refractivity contribution in [2.45, 2.75) is 33.2 Å². The molecule has 0 saturated heterocycles. The first-order chi connectivity index (χ1) is 9.86. The summed E-state index contributed by atoms with van der Waals surface area (Å²) >= 11 is 0. The van der Waals surface area contributed by atoms with Gasteiger partial charge >= 0.3 is 0 Å². The van der Waals surface area contributed by atoms with E-state index in [1.54, 1.807) is 14.0 Å². The predicted octanol–water partition coefficient (Wildman–Crippen LogP) is 1.73. The van der Waals surface area contributed by atoms with Crippen molar-refractivity contribution < 1.29 is 13.7 Å². The van der Waals surface area contributed by atoms with Crippen LogP contribution in [0, 0.1) is 6.92 Å². The minimum atomic E-state index is -0.410. The number of amides is 1. The third-order valence-electron chi connectivity index (χ3n) is 2.80. The SMILES string of the molecule is Cc1cc(=O)cc(C(=O)N(C)Cc2noc(C(C)C)n2)o1. The number of aromatic nitrogens is 2. The maximum Gasteiger partial charge on any atom is 0.289 e. The molecule has 112 valence electrons. The molecule has 0 aliphatic carbocycles. The molecule has 2 rings (SSSR count). The molecular weight excluding hydrogens is 274 g/mol. The van der Waals surface area contributed by atoms with Gasteiger partial charge in [-0.2, -0.15) is 4.98 Å². The first-order valence-corrected chi connectivity index (χ1v) is 6.56. The van der Waals surface area contributed by atoms with E-state index in [2.05, 4.69) is 10.1 Å². The molecular formula is C14H17N3O4. The zero-order chi connectivity index (χ0) is 15.6. The number of carbonyl (C=O) groups is 1. The van der Waals surface area contributed by atoms with Crippen LogP contribution in [-0.4, -0.2) is 28.0 Å². The molecule has 0 saturated carbocycles. The van der Waals surface area contributed by atoms with E-state index in [0.717, 1.165) is 0 Å². The van der Waals surface area contributed by atoms with Crippen molar-refractivity contribution in [3.05, 3.63) is 45.6 Å². The smallest absolute Gasteiger partial charge is 0.289 e. The molecule has 0 N–H and O–H groups in total. The van der Waals surface area contributed by atoms with Gasteiger partial charge in [-0.25, -0.2) is 0 Å². The number of hydrogen-bond acceptors (Lipinski definition) is 6. The van der Waals surface area contributed by atoms with E-state index in [9.17, 15) is 9.59 Å². The van der Waals surface area contributed by atoms with Gasteiger partial charge in [-0.1, -0.05) is 19.0 Å². The molecule has 0 spiro atoms. The van der Waals surface area contributed by atoms with Crippen molar-refractivity contribution in [1.29, 1.82) is 0 Å². The molecule has 0 unspecified atom stereocenters. The highest BCUT2D eigenvalue weighted by Gasteiger charge is 2.18. The lowest BCUT2D eigenvalue weighted by Gasteiger charge is -2.14. The van der Waals surface area contributed by atoms with Crippen molar-refractivity contribution in [3.63, 3.8) is 0 Å². The topological polar surface area (TPSA) is 89.4 Å². The fraction of sp³-hybridized carbons (Fsp3) is 0.429. The number of carbonyl (C=O) groups excluding carboxylic acids is 1. The van der Waals surface area contributed by atoms with E-state index < -0.39 is 5.91 Å². The molecule has 2 aromatic rings. The molecule has 0 aliphatic rings. The second-order valence-corrected chi connectivity index (χ2v) is 5.13. The Morgan fingerprint density at radius 3 is 2.67 bits per heavy atom. The quantitative estimate of drug-likeness (QED) is 0.852. The second kappa shape index (κ2) is 5.90. The number of hydrogen-bond donors (Lipinski definition) is 0. The van der Waals surface area contributed by atoms with Gasteiger partial charge in [-0.05, 0) is 6.92 Å². The molecule has 0 aliphatic heterocycles. The molecule has 21 heavy (non-hydrogen) atoms. The maximum atomic E-state index is 12.2. The highest BCUT2D eigenvalue weighted by Crippen LogP contribution is 2.12. The summed E-state index contributed by atoms with van der Waals surface area (Å²) in [5, 5.41) is 3.82. The molecule has 0 aromatic carbocycles. The summed E-state index contributed by atoms with van der Waals surface area (Å²) in [4.78, 5) is 29.2. The van der Waals surface area contributed by atoms with Crippen molar-refractivity contribution in [3.8, 4) is 0 Å². The Labute approximate surface area is 121 Å². The molecule has 7 nitrogen and oxygen atoms in total. The molecule has 7 heteroatoms. The van der Waals surface area contributed by atoms with Crippen LogP contribution in [0.5, 0.6) is 0 Å². The van der Waals surface area contributed by atoms with Gasteiger partial charge in [0.25, 0.3) is 5.91 Å². The number of aryl methyl sites for hydroxylation is 1. The zero-order valence-electron chi connectivity index (χ0n) is 12.4. The lowest BCUT2D eigenvalue weighted by molar-refractivity contribution is 0.0744. The molecule has 0 bridgehead atoms. The fourth-order valence-electron chi connectivity index (χ4n) is 1.75. The van der Waals surface area contributed by atoms with Crippen LogP contribution < -0.4 is 5.43 Å². The Balaban J connectivity index is 2.13.